The SMILES string of the molecule is COc1cccc(OC)c1CC(=O)N1CCNCC1c1nccn1C. The van der Waals surface area contributed by atoms with Gasteiger partial charge in [-0.3, -0.25) is 4.79 Å². The number of imidazole rings is 1. The Morgan fingerprint density at radius 2 is 2.04 bits per heavy atom. The molecule has 1 fully saturated rings. The average Bonchev–Trinajstić information content (AvgIpc) is 3.07. The molecule has 1 unspecified atom stereocenters. The molecule has 0 aliphatic carbocycles. The van der Waals surface area contributed by atoms with E-state index < -0.39 is 0 Å². The van der Waals surface area contributed by atoms with Gasteiger partial charge in [0.1, 0.15) is 23.4 Å². The Labute approximate surface area is 147 Å². The fourth-order valence-electron chi connectivity index (χ4n) is 3.29. The van der Waals surface area contributed by atoms with Crippen LogP contribution in [-0.4, -0.2) is 54.2 Å². The highest BCUT2D eigenvalue weighted by Gasteiger charge is 2.31. The number of carbonyl (C=O) groups excluding carboxylic acids is 1. The smallest absolute Gasteiger partial charge is 0.227 e. The van der Waals surface area contributed by atoms with Crippen molar-refractivity contribution in [3.05, 3.63) is 42.0 Å². The van der Waals surface area contributed by atoms with E-state index in [1.807, 2.05) is 40.9 Å². The molecule has 1 aromatic carbocycles. The van der Waals surface area contributed by atoms with E-state index >= 15 is 0 Å². The Morgan fingerprint density at radius 3 is 2.64 bits per heavy atom. The zero-order chi connectivity index (χ0) is 17.8. The van der Waals surface area contributed by atoms with Gasteiger partial charge in [0.15, 0.2) is 0 Å². The summed E-state index contributed by atoms with van der Waals surface area (Å²) in [6, 6.07) is 5.47. The van der Waals surface area contributed by atoms with Gasteiger partial charge in [0, 0.05) is 44.6 Å². The molecule has 0 spiro atoms. The summed E-state index contributed by atoms with van der Waals surface area (Å²) in [5, 5.41) is 3.35. The number of piperazine rings is 1. The lowest BCUT2D eigenvalue weighted by molar-refractivity contribution is -0.134. The van der Waals surface area contributed by atoms with Gasteiger partial charge in [0.05, 0.1) is 20.6 Å². The van der Waals surface area contributed by atoms with Gasteiger partial charge >= 0.3 is 0 Å². The number of benzene rings is 1. The van der Waals surface area contributed by atoms with Gasteiger partial charge in [-0.25, -0.2) is 4.98 Å². The zero-order valence-electron chi connectivity index (χ0n) is 14.9. The Morgan fingerprint density at radius 1 is 1.32 bits per heavy atom. The Kier molecular flexibility index (Phi) is 5.23. The van der Waals surface area contributed by atoms with Crippen LogP contribution in [0.15, 0.2) is 30.6 Å². The summed E-state index contributed by atoms with van der Waals surface area (Å²) >= 11 is 0. The van der Waals surface area contributed by atoms with E-state index in [4.69, 9.17) is 9.47 Å². The van der Waals surface area contributed by atoms with Crippen LogP contribution in [0.25, 0.3) is 0 Å². The predicted octanol–water partition coefficient (Wildman–Crippen LogP) is 1.15. The number of rotatable bonds is 5. The molecule has 1 amide bonds. The van der Waals surface area contributed by atoms with Crippen molar-refractivity contribution < 1.29 is 14.3 Å². The summed E-state index contributed by atoms with van der Waals surface area (Å²) in [5.74, 6) is 2.25. The molecule has 7 nitrogen and oxygen atoms in total. The van der Waals surface area contributed by atoms with Crippen molar-refractivity contribution in [3.63, 3.8) is 0 Å². The first-order chi connectivity index (χ1) is 12.2. The largest absolute Gasteiger partial charge is 0.496 e. The maximum absolute atomic E-state index is 13.1. The van der Waals surface area contributed by atoms with E-state index in [-0.39, 0.29) is 18.4 Å². The summed E-state index contributed by atoms with van der Waals surface area (Å²) in [5.41, 5.74) is 0.773. The molecule has 3 rings (SSSR count). The van der Waals surface area contributed by atoms with E-state index in [1.54, 1.807) is 20.4 Å². The number of hydrogen-bond acceptors (Lipinski definition) is 5. The Bertz CT molecular complexity index is 721. The molecule has 2 aromatic rings. The van der Waals surface area contributed by atoms with Gasteiger partial charge < -0.3 is 24.3 Å². The van der Waals surface area contributed by atoms with Crippen molar-refractivity contribution in [3.8, 4) is 11.5 Å². The second-order valence-electron chi connectivity index (χ2n) is 6.02. The monoisotopic (exact) mass is 344 g/mol. The molecule has 0 bridgehead atoms. The number of nitrogens with zero attached hydrogens (tertiary/aromatic N) is 3. The molecule has 0 radical (unpaired) electrons. The fourth-order valence-corrected chi connectivity index (χ4v) is 3.29. The van der Waals surface area contributed by atoms with Crippen molar-refractivity contribution in [2.75, 3.05) is 33.9 Å². The van der Waals surface area contributed by atoms with Crippen molar-refractivity contribution in [1.82, 2.24) is 19.8 Å². The van der Waals surface area contributed by atoms with E-state index in [0.29, 0.717) is 24.6 Å². The highest BCUT2D eigenvalue weighted by Crippen LogP contribution is 2.30. The third-order valence-corrected chi connectivity index (χ3v) is 4.58. The van der Waals surface area contributed by atoms with Crippen LogP contribution in [0.2, 0.25) is 0 Å². The molecule has 1 N–H and O–H groups in total. The number of methoxy groups -OCH3 is 2. The van der Waals surface area contributed by atoms with Crippen LogP contribution in [0, 0.1) is 0 Å². The molecule has 1 aliphatic rings. The van der Waals surface area contributed by atoms with Crippen LogP contribution in [-0.2, 0) is 18.3 Å². The fraction of sp³-hybridized carbons (Fsp3) is 0.444. The maximum Gasteiger partial charge on any atom is 0.227 e. The van der Waals surface area contributed by atoms with Gasteiger partial charge in [0.2, 0.25) is 5.91 Å². The summed E-state index contributed by atoms with van der Waals surface area (Å²) in [7, 11) is 5.15. The molecule has 7 heteroatoms. The number of hydrogen-bond donors (Lipinski definition) is 1. The van der Waals surface area contributed by atoms with E-state index in [9.17, 15) is 4.79 Å². The summed E-state index contributed by atoms with van der Waals surface area (Å²) < 4.78 is 12.8. The van der Waals surface area contributed by atoms with Gasteiger partial charge in [-0.1, -0.05) is 6.07 Å². The first kappa shape index (κ1) is 17.3. The van der Waals surface area contributed by atoms with Gasteiger partial charge in [-0.2, -0.15) is 0 Å². The first-order valence-corrected chi connectivity index (χ1v) is 8.33. The molecule has 1 saturated heterocycles. The van der Waals surface area contributed by atoms with E-state index in [1.165, 1.54) is 0 Å². The normalized spacial score (nSPS) is 17.4. The topological polar surface area (TPSA) is 68.6 Å². The summed E-state index contributed by atoms with van der Waals surface area (Å²) in [6.45, 7) is 2.11. The first-order valence-electron chi connectivity index (χ1n) is 8.33. The van der Waals surface area contributed by atoms with Gasteiger partial charge in [-0.15, -0.1) is 0 Å². The minimum atomic E-state index is -0.0815. The molecule has 25 heavy (non-hydrogen) atoms. The molecule has 2 heterocycles. The van der Waals surface area contributed by atoms with Gasteiger partial charge in [0.25, 0.3) is 0 Å². The number of aromatic nitrogens is 2. The third-order valence-electron chi connectivity index (χ3n) is 4.58. The highest BCUT2D eigenvalue weighted by molar-refractivity contribution is 5.81. The number of nitrogens with one attached hydrogen (secondary N) is 1. The second kappa shape index (κ2) is 7.57. The Hall–Kier alpha value is -2.54. The van der Waals surface area contributed by atoms with Crippen LogP contribution in [0.4, 0.5) is 0 Å². The van der Waals surface area contributed by atoms with Crippen molar-refractivity contribution in [2.24, 2.45) is 7.05 Å². The van der Waals surface area contributed by atoms with Crippen LogP contribution in [0.3, 0.4) is 0 Å². The van der Waals surface area contributed by atoms with E-state index in [2.05, 4.69) is 10.3 Å². The number of ether oxygens (including phenoxy) is 2. The predicted molar refractivity (Wildman–Crippen MR) is 93.8 cm³/mol. The molecule has 1 atom stereocenters. The minimum Gasteiger partial charge on any atom is -0.496 e. The molecule has 0 saturated carbocycles. The van der Waals surface area contributed by atoms with Crippen LogP contribution in [0.5, 0.6) is 11.5 Å². The van der Waals surface area contributed by atoms with Gasteiger partial charge in [-0.05, 0) is 12.1 Å². The number of aryl methyl sites for hydroxylation is 1. The van der Waals surface area contributed by atoms with Crippen LogP contribution in [0.1, 0.15) is 17.4 Å². The average molecular weight is 344 g/mol. The lowest BCUT2D eigenvalue weighted by Crippen LogP contribution is -2.49. The second-order valence-corrected chi connectivity index (χ2v) is 6.02. The quantitative estimate of drug-likeness (QED) is 0.881. The molecular weight excluding hydrogens is 320 g/mol. The highest BCUT2D eigenvalue weighted by atomic mass is 16.5. The zero-order valence-corrected chi connectivity index (χ0v) is 14.9. The van der Waals surface area contributed by atoms with E-state index in [0.717, 1.165) is 17.9 Å². The maximum atomic E-state index is 13.1. The third kappa shape index (κ3) is 3.46. The molecule has 1 aromatic heterocycles. The molecular formula is C18H24N4O3. The molecule has 134 valence electrons. The standard InChI is InChI=1S/C18H24N4O3/c1-21-9-8-20-18(21)14-12-19-7-10-22(14)17(23)11-13-15(24-2)5-4-6-16(13)25-3/h4-6,8-9,14,19H,7,10-12H2,1-3H3. The Balaban J connectivity index is 1.86. The van der Waals surface area contributed by atoms with Crippen LogP contribution >= 0.6 is 0 Å². The number of amides is 1. The number of carbonyl (C=O) groups is 1. The van der Waals surface area contributed by atoms with Crippen LogP contribution < -0.4 is 14.8 Å². The van der Waals surface area contributed by atoms with Crippen molar-refractivity contribution in [1.29, 1.82) is 0 Å². The summed E-state index contributed by atoms with van der Waals surface area (Å²) in [6.07, 6.45) is 3.89. The molecule has 1 aliphatic heterocycles. The summed E-state index contributed by atoms with van der Waals surface area (Å²) in [4.78, 5) is 19.4. The lowest BCUT2D eigenvalue weighted by atomic mass is 10.1. The minimum absolute atomic E-state index is 0.0392. The van der Waals surface area contributed by atoms with Crippen molar-refractivity contribution >= 4 is 5.91 Å². The van der Waals surface area contributed by atoms with Crippen molar-refractivity contribution in [2.45, 2.75) is 12.5 Å². The lowest BCUT2D eigenvalue weighted by Gasteiger charge is -2.36.